The summed E-state index contributed by atoms with van der Waals surface area (Å²) >= 11 is 0. The Hall–Kier alpha value is -2.22. The van der Waals surface area contributed by atoms with Gasteiger partial charge in [-0.15, -0.1) is 0 Å². The number of carbonyl (C=O) groups excluding carboxylic acids is 2. The van der Waals surface area contributed by atoms with Gasteiger partial charge in [0.15, 0.2) is 0 Å². The zero-order chi connectivity index (χ0) is 12.9. The second kappa shape index (κ2) is 3.64. The summed E-state index contributed by atoms with van der Waals surface area (Å²) in [6, 6.07) is 11.1. The maximum absolute atomic E-state index is 12.1. The molecule has 1 aliphatic carbocycles. The van der Waals surface area contributed by atoms with Gasteiger partial charge in [-0.25, -0.2) is 0 Å². The van der Waals surface area contributed by atoms with Crippen molar-refractivity contribution in [3.8, 4) is 11.1 Å². The molecule has 0 N–H and O–H groups in total. The van der Waals surface area contributed by atoms with Gasteiger partial charge in [0, 0.05) is 11.1 Å². The third kappa shape index (κ3) is 1.35. The van der Waals surface area contributed by atoms with E-state index in [1.165, 1.54) is 0 Å². The summed E-state index contributed by atoms with van der Waals surface area (Å²) in [6.45, 7) is 3.97. The normalized spacial score (nSPS) is 13.2. The number of Topliss-reactive ketones (excluding diaryl/α,β-unsaturated/α-hetero) is 2. The summed E-state index contributed by atoms with van der Waals surface area (Å²) in [5, 5.41) is 0. The molecule has 0 aliphatic heterocycles. The fraction of sp³-hybridized carbons (Fsp3) is 0.125. The van der Waals surface area contributed by atoms with Crippen LogP contribution < -0.4 is 0 Å². The molecule has 0 atom stereocenters. The molecule has 0 unspecified atom stereocenters. The predicted octanol–water partition coefficient (Wildman–Crippen LogP) is 3.35. The Kier molecular flexibility index (Phi) is 2.20. The predicted molar refractivity (Wildman–Crippen MR) is 70.0 cm³/mol. The van der Waals surface area contributed by atoms with E-state index in [1.54, 1.807) is 12.1 Å². The van der Waals surface area contributed by atoms with Crippen LogP contribution in [0.1, 0.15) is 31.8 Å². The van der Waals surface area contributed by atoms with Crippen molar-refractivity contribution in [3.05, 3.63) is 58.7 Å². The highest BCUT2D eigenvalue weighted by atomic mass is 16.2. The van der Waals surface area contributed by atoms with Crippen LogP contribution in [0.4, 0.5) is 0 Å². The quantitative estimate of drug-likeness (QED) is 0.657. The Morgan fingerprint density at radius 2 is 1.17 bits per heavy atom. The topological polar surface area (TPSA) is 34.1 Å². The van der Waals surface area contributed by atoms with Crippen LogP contribution in [0.3, 0.4) is 0 Å². The van der Waals surface area contributed by atoms with E-state index in [2.05, 4.69) is 0 Å². The van der Waals surface area contributed by atoms with Gasteiger partial charge in [-0.3, -0.25) is 9.59 Å². The van der Waals surface area contributed by atoms with Crippen molar-refractivity contribution in [1.82, 2.24) is 0 Å². The van der Waals surface area contributed by atoms with Gasteiger partial charge in [-0.05, 0) is 42.2 Å². The van der Waals surface area contributed by atoms with E-state index in [4.69, 9.17) is 0 Å². The van der Waals surface area contributed by atoms with Crippen LogP contribution in [0, 0.1) is 13.8 Å². The first-order valence-corrected chi connectivity index (χ1v) is 5.89. The molecule has 0 heterocycles. The summed E-state index contributed by atoms with van der Waals surface area (Å²) in [5.41, 5.74) is 4.94. The Morgan fingerprint density at radius 3 is 1.83 bits per heavy atom. The smallest absolute Gasteiger partial charge is 0.234 e. The van der Waals surface area contributed by atoms with Crippen LogP contribution in [0.25, 0.3) is 11.1 Å². The molecule has 0 spiro atoms. The van der Waals surface area contributed by atoms with Crippen molar-refractivity contribution in [2.75, 3.05) is 0 Å². The second-order valence-electron chi connectivity index (χ2n) is 4.69. The second-order valence-corrected chi connectivity index (χ2v) is 4.69. The zero-order valence-electron chi connectivity index (χ0n) is 10.3. The minimum Gasteiger partial charge on any atom is -0.285 e. The van der Waals surface area contributed by atoms with Crippen molar-refractivity contribution in [2.24, 2.45) is 0 Å². The van der Waals surface area contributed by atoms with E-state index >= 15 is 0 Å². The van der Waals surface area contributed by atoms with Crippen LogP contribution in [-0.4, -0.2) is 11.6 Å². The highest BCUT2D eigenvalue weighted by Gasteiger charge is 2.30. The molecular weight excluding hydrogens is 224 g/mol. The molecule has 18 heavy (non-hydrogen) atoms. The Morgan fingerprint density at radius 1 is 0.667 bits per heavy atom. The third-order valence-electron chi connectivity index (χ3n) is 3.55. The number of aryl methyl sites for hydroxylation is 2. The van der Waals surface area contributed by atoms with Crippen molar-refractivity contribution in [1.29, 1.82) is 0 Å². The molecular formula is C16H12O2. The Balaban J connectivity index is 2.41. The van der Waals surface area contributed by atoms with Crippen LogP contribution in [0.15, 0.2) is 36.4 Å². The number of benzene rings is 2. The number of hydrogen-bond donors (Lipinski definition) is 0. The van der Waals surface area contributed by atoms with Crippen molar-refractivity contribution >= 4 is 11.6 Å². The Labute approximate surface area is 105 Å². The van der Waals surface area contributed by atoms with E-state index in [9.17, 15) is 9.59 Å². The number of rotatable bonds is 0. The summed E-state index contributed by atoms with van der Waals surface area (Å²) in [4.78, 5) is 24.1. The summed E-state index contributed by atoms with van der Waals surface area (Å²) in [6.07, 6.45) is 0. The summed E-state index contributed by atoms with van der Waals surface area (Å²) < 4.78 is 0. The molecule has 1 aliphatic rings. The van der Waals surface area contributed by atoms with Gasteiger partial charge in [0.2, 0.25) is 11.6 Å². The van der Waals surface area contributed by atoms with E-state index in [0.717, 1.165) is 22.3 Å². The van der Waals surface area contributed by atoms with Gasteiger partial charge in [0.25, 0.3) is 0 Å². The molecule has 0 saturated carbocycles. The van der Waals surface area contributed by atoms with Crippen LogP contribution >= 0.6 is 0 Å². The zero-order valence-corrected chi connectivity index (χ0v) is 10.3. The van der Waals surface area contributed by atoms with E-state index < -0.39 is 11.6 Å². The van der Waals surface area contributed by atoms with Gasteiger partial charge < -0.3 is 0 Å². The molecule has 2 aromatic carbocycles. The summed E-state index contributed by atoms with van der Waals surface area (Å²) in [5.74, 6) is -0.798. The fourth-order valence-corrected chi connectivity index (χ4v) is 2.39. The first kappa shape index (κ1) is 10.9. The monoisotopic (exact) mass is 236 g/mol. The number of ketones is 2. The fourth-order valence-electron chi connectivity index (χ4n) is 2.39. The van der Waals surface area contributed by atoms with Crippen LogP contribution in [0.5, 0.6) is 0 Å². The maximum Gasteiger partial charge on any atom is 0.234 e. The third-order valence-corrected chi connectivity index (χ3v) is 3.55. The van der Waals surface area contributed by atoms with E-state index in [-0.39, 0.29) is 0 Å². The van der Waals surface area contributed by atoms with Gasteiger partial charge in [0.05, 0.1) is 0 Å². The van der Waals surface area contributed by atoms with Crippen molar-refractivity contribution in [3.63, 3.8) is 0 Å². The lowest BCUT2D eigenvalue weighted by Gasteiger charge is -2.19. The van der Waals surface area contributed by atoms with Gasteiger partial charge >= 0.3 is 0 Å². The number of hydrogen-bond acceptors (Lipinski definition) is 2. The maximum atomic E-state index is 12.1. The molecule has 88 valence electrons. The lowest BCUT2D eigenvalue weighted by atomic mass is 9.82. The average Bonchev–Trinajstić information content (AvgIpc) is 2.38. The van der Waals surface area contributed by atoms with Gasteiger partial charge in [-0.2, -0.15) is 0 Å². The molecule has 0 aromatic heterocycles. The van der Waals surface area contributed by atoms with Gasteiger partial charge in [0.1, 0.15) is 0 Å². The minimum atomic E-state index is -0.402. The minimum absolute atomic E-state index is 0.396. The van der Waals surface area contributed by atoms with Crippen LogP contribution in [0.2, 0.25) is 0 Å². The molecule has 0 saturated heterocycles. The summed E-state index contributed by atoms with van der Waals surface area (Å²) in [7, 11) is 0. The molecule has 3 rings (SSSR count). The van der Waals surface area contributed by atoms with Crippen molar-refractivity contribution in [2.45, 2.75) is 13.8 Å². The first-order valence-electron chi connectivity index (χ1n) is 5.89. The van der Waals surface area contributed by atoms with Crippen molar-refractivity contribution < 1.29 is 9.59 Å². The molecule has 2 aromatic rings. The molecule has 2 heteroatoms. The molecule has 0 fully saturated rings. The van der Waals surface area contributed by atoms with Crippen LogP contribution in [-0.2, 0) is 0 Å². The average molecular weight is 236 g/mol. The van der Waals surface area contributed by atoms with Gasteiger partial charge in [-0.1, -0.05) is 30.3 Å². The lowest BCUT2D eigenvalue weighted by Crippen LogP contribution is -2.21. The number of carbonyl (C=O) groups is 2. The molecule has 0 radical (unpaired) electrons. The number of fused-ring (bicyclic) bond motifs is 3. The highest BCUT2D eigenvalue weighted by Crippen LogP contribution is 2.34. The first-order chi connectivity index (χ1) is 8.59. The molecule has 2 nitrogen and oxygen atoms in total. The molecule has 0 amide bonds. The highest BCUT2D eigenvalue weighted by molar-refractivity contribution is 6.53. The van der Waals surface area contributed by atoms with E-state index in [0.29, 0.717) is 11.1 Å². The SMILES string of the molecule is Cc1cc2c(cc1C)-c1ccccc1C(=O)C2=O. The van der Waals surface area contributed by atoms with E-state index in [1.807, 2.05) is 38.1 Å². The lowest BCUT2D eigenvalue weighted by molar-refractivity contribution is 0.0815. The largest absolute Gasteiger partial charge is 0.285 e. The standard InChI is InChI=1S/C16H12O2/c1-9-7-13-11-5-3-4-6-12(11)15(17)16(18)14(13)8-10(9)2/h3-8H,1-2H3. The molecule has 0 bridgehead atoms. The Bertz CT molecular complexity index is 696.